The standard InChI is InChI=1S/C19H29NO2/c1-2-21-15-18-14-19(16-22-18)9-12-20(13-10-19)11-8-17-6-4-3-5-7-17/h3-7,18H,2,8-16H2,1H3. The van der Waals surface area contributed by atoms with Gasteiger partial charge in [0.05, 0.1) is 19.3 Å². The van der Waals surface area contributed by atoms with E-state index in [0.717, 1.165) is 26.2 Å². The number of benzene rings is 1. The third-order valence-electron chi connectivity index (χ3n) is 5.27. The second kappa shape index (κ2) is 7.58. The van der Waals surface area contributed by atoms with E-state index in [-0.39, 0.29) is 0 Å². The number of ether oxygens (including phenoxy) is 2. The summed E-state index contributed by atoms with van der Waals surface area (Å²) in [5.74, 6) is 0. The molecule has 2 aliphatic rings. The number of piperidine rings is 1. The quantitative estimate of drug-likeness (QED) is 0.806. The lowest BCUT2D eigenvalue weighted by Gasteiger charge is -2.38. The van der Waals surface area contributed by atoms with Crippen LogP contribution < -0.4 is 0 Å². The summed E-state index contributed by atoms with van der Waals surface area (Å²) in [6, 6.07) is 10.8. The fourth-order valence-corrected chi connectivity index (χ4v) is 3.78. The first-order valence-electron chi connectivity index (χ1n) is 8.75. The molecule has 22 heavy (non-hydrogen) atoms. The fraction of sp³-hybridized carbons (Fsp3) is 0.684. The Labute approximate surface area is 134 Å². The van der Waals surface area contributed by atoms with Gasteiger partial charge in [-0.1, -0.05) is 30.3 Å². The number of nitrogens with zero attached hydrogens (tertiary/aromatic N) is 1. The number of hydrogen-bond donors (Lipinski definition) is 0. The summed E-state index contributed by atoms with van der Waals surface area (Å²) >= 11 is 0. The summed E-state index contributed by atoms with van der Waals surface area (Å²) < 4.78 is 11.5. The summed E-state index contributed by atoms with van der Waals surface area (Å²) in [5, 5.41) is 0. The largest absolute Gasteiger partial charge is 0.379 e. The summed E-state index contributed by atoms with van der Waals surface area (Å²) in [4.78, 5) is 2.62. The van der Waals surface area contributed by atoms with Crippen molar-refractivity contribution in [3.63, 3.8) is 0 Å². The van der Waals surface area contributed by atoms with E-state index >= 15 is 0 Å². The van der Waals surface area contributed by atoms with Crippen molar-refractivity contribution < 1.29 is 9.47 Å². The molecule has 1 aromatic rings. The molecule has 1 spiro atoms. The monoisotopic (exact) mass is 303 g/mol. The molecule has 3 nitrogen and oxygen atoms in total. The average Bonchev–Trinajstić information content (AvgIpc) is 2.96. The Hall–Kier alpha value is -0.900. The van der Waals surface area contributed by atoms with E-state index in [1.807, 2.05) is 0 Å². The van der Waals surface area contributed by atoms with Gasteiger partial charge in [-0.05, 0) is 56.7 Å². The van der Waals surface area contributed by atoms with E-state index in [9.17, 15) is 0 Å². The molecule has 0 aliphatic carbocycles. The molecule has 0 N–H and O–H groups in total. The van der Waals surface area contributed by atoms with Crippen molar-refractivity contribution in [2.24, 2.45) is 5.41 Å². The predicted molar refractivity (Wildman–Crippen MR) is 89.1 cm³/mol. The van der Waals surface area contributed by atoms with Gasteiger partial charge in [0.15, 0.2) is 0 Å². The maximum absolute atomic E-state index is 5.97. The lowest BCUT2D eigenvalue weighted by atomic mass is 9.76. The molecule has 2 heterocycles. The van der Waals surface area contributed by atoms with Crippen molar-refractivity contribution in [1.82, 2.24) is 4.90 Å². The van der Waals surface area contributed by atoms with E-state index in [1.165, 1.54) is 44.5 Å². The zero-order valence-corrected chi connectivity index (χ0v) is 13.8. The van der Waals surface area contributed by atoms with Gasteiger partial charge in [-0.3, -0.25) is 0 Å². The molecule has 1 atom stereocenters. The average molecular weight is 303 g/mol. The molecule has 0 radical (unpaired) electrons. The molecule has 2 fully saturated rings. The van der Waals surface area contributed by atoms with Crippen molar-refractivity contribution in [2.75, 3.05) is 39.5 Å². The minimum atomic E-state index is 0.329. The topological polar surface area (TPSA) is 21.7 Å². The van der Waals surface area contributed by atoms with E-state index in [0.29, 0.717) is 11.5 Å². The molecule has 2 saturated heterocycles. The highest BCUT2D eigenvalue weighted by molar-refractivity contribution is 5.14. The fourth-order valence-electron chi connectivity index (χ4n) is 3.78. The Kier molecular flexibility index (Phi) is 5.51. The Morgan fingerprint density at radius 2 is 2.00 bits per heavy atom. The molecular formula is C19H29NO2. The minimum absolute atomic E-state index is 0.329. The summed E-state index contributed by atoms with van der Waals surface area (Å²) in [5.41, 5.74) is 1.88. The van der Waals surface area contributed by atoms with Gasteiger partial charge in [0.2, 0.25) is 0 Å². The summed E-state index contributed by atoms with van der Waals surface area (Å²) in [6.07, 6.45) is 5.25. The second-order valence-electron chi connectivity index (χ2n) is 6.87. The molecule has 122 valence electrons. The normalized spacial score (nSPS) is 24.9. The zero-order valence-electron chi connectivity index (χ0n) is 13.8. The van der Waals surface area contributed by atoms with E-state index in [2.05, 4.69) is 42.2 Å². The van der Waals surface area contributed by atoms with Gasteiger partial charge in [0.1, 0.15) is 0 Å². The first kappa shape index (κ1) is 16.0. The highest BCUT2D eigenvalue weighted by Crippen LogP contribution is 2.41. The van der Waals surface area contributed by atoms with Crippen LogP contribution in [-0.2, 0) is 15.9 Å². The molecule has 3 rings (SSSR count). The first-order valence-corrected chi connectivity index (χ1v) is 8.75. The third kappa shape index (κ3) is 4.09. The molecule has 0 aromatic heterocycles. The molecule has 3 heteroatoms. The number of likely N-dealkylation sites (tertiary alicyclic amines) is 1. The smallest absolute Gasteiger partial charge is 0.0814 e. The van der Waals surface area contributed by atoms with Crippen LogP contribution >= 0.6 is 0 Å². The molecule has 2 aliphatic heterocycles. The Bertz CT molecular complexity index is 440. The van der Waals surface area contributed by atoms with Gasteiger partial charge in [-0.15, -0.1) is 0 Å². The van der Waals surface area contributed by atoms with Crippen LogP contribution in [0.15, 0.2) is 30.3 Å². The van der Waals surface area contributed by atoms with Gasteiger partial charge in [-0.2, -0.15) is 0 Å². The maximum Gasteiger partial charge on any atom is 0.0814 e. The minimum Gasteiger partial charge on any atom is -0.379 e. The summed E-state index contributed by atoms with van der Waals surface area (Å²) in [6.45, 7) is 8.18. The maximum atomic E-state index is 5.97. The molecule has 1 unspecified atom stereocenters. The van der Waals surface area contributed by atoms with Crippen molar-refractivity contribution in [2.45, 2.75) is 38.7 Å². The van der Waals surface area contributed by atoms with Crippen LogP contribution in [0, 0.1) is 5.41 Å². The molecule has 0 amide bonds. The van der Waals surface area contributed by atoms with Crippen LogP contribution in [0.3, 0.4) is 0 Å². The lowest BCUT2D eigenvalue weighted by molar-refractivity contribution is 0.0160. The van der Waals surface area contributed by atoms with Gasteiger partial charge < -0.3 is 14.4 Å². The van der Waals surface area contributed by atoms with E-state index in [4.69, 9.17) is 9.47 Å². The van der Waals surface area contributed by atoms with Crippen LogP contribution in [0.5, 0.6) is 0 Å². The van der Waals surface area contributed by atoms with Crippen LogP contribution in [0.25, 0.3) is 0 Å². The van der Waals surface area contributed by atoms with Gasteiger partial charge in [0.25, 0.3) is 0 Å². The molecular weight excluding hydrogens is 274 g/mol. The van der Waals surface area contributed by atoms with Crippen LogP contribution in [0.1, 0.15) is 31.7 Å². The van der Waals surface area contributed by atoms with Gasteiger partial charge in [-0.25, -0.2) is 0 Å². The van der Waals surface area contributed by atoms with Gasteiger partial charge in [0, 0.05) is 13.2 Å². The summed E-state index contributed by atoms with van der Waals surface area (Å²) in [7, 11) is 0. The zero-order chi connectivity index (χ0) is 15.3. The molecule has 1 aromatic carbocycles. The highest BCUT2D eigenvalue weighted by atomic mass is 16.5. The van der Waals surface area contributed by atoms with Crippen molar-refractivity contribution in [3.05, 3.63) is 35.9 Å². The predicted octanol–water partition coefficient (Wildman–Crippen LogP) is 3.14. The highest BCUT2D eigenvalue weighted by Gasteiger charge is 2.42. The second-order valence-corrected chi connectivity index (χ2v) is 6.87. The molecule has 0 bridgehead atoms. The first-order chi connectivity index (χ1) is 10.8. The van der Waals surface area contributed by atoms with Gasteiger partial charge >= 0.3 is 0 Å². The van der Waals surface area contributed by atoms with Crippen molar-refractivity contribution in [3.8, 4) is 0 Å². The van der Waals surface area contributed by atoms with Crippen LogP contribution in [-0.4, -0.2) is 50.5 Å². The Morgan fingerprint density at radius 3 is 2.73 bits per heavy atom. The van der Waals surface area contributed by atoms with Crippen molar-refractivity contribution >= 4 is 0 Å². The van der Waals surface area contributed by atoms with E-state index in [1.54, 1.807) is 0 Å². The molecule has 0 saturated carbocycles. The number of rotatable bonds is 6. The van der Waals surface area contributed by atoms with Crippen molar-refractivity contribution in [1.29, 1.82) is 0 Å². The SMILES string of the molecule is CCOCC1CC2(CCN(CCc3ccccc3)CC2)CO1. The van der Waals surface area contributed by atoms with E-state index < -0.39 is 0 Å². The van der Waals surface area contributed by atoms with Crippen LogP contribution in [0.2, 0.25) is 0 Å². The Balaban J connectivity index is 1.41. The third-order valence-corrected chi connectivity index (χ3v) is 5.27. The Morgan fingerprint density at radius 1 is 1.23 bits per heavy atom. The number of hydrogen-bond acceptors (Lipinski definition) is 3. The lowest BCUT2D eigenvalue weighted by Crippen LogP contribution is -2.41. The van der Waals surface area contributed by atoms with Crippen LogP contribution in [0.4, 0.5) is 0 Å².